The van der Waals surface area contributed by atoms with Crippen LogP contribution < -0.4 is 10.1 Å². The summed E-state index contributed by atoms with van der Waals surface area (Å²) in [4.78, 5) is 4.14. The summed E-state index contributed by atoms with van der Waals surface area (Å²) in [6.07, 6.45) is 2.98. The Morgan fingerprint density at radius 3 is 3.00 bits per heavy atom. The second-order valence-electron chi connectivity index (χ2n) is 3.07. The van der Waals surface area contributed by atoms with Gasteiger partial charge in [-0.1, -0.05) is 0 Å². The number of nitrogens with zero attached hydrogens (tertiary/aromatic N) is 1. The molecule has 1 aromatic heterocycles. The lowest BCUT2D eigenvalue weighted by Gasteiger charge is -2.27. The molecular weight excluding hydrogens is 279 g/mol. The minimum atomic E-state index is 0.541. The highest BCUT2D eigenvalue weighted by Gasteiger charge is 2.16. The molecule has 2 heterocycles. The van der Waals surface area contributed by atoms with E-state index in [4.69, 9.17) is 4.74 Å². The average molecular weight is 290 g/mol. The van der Waals surface area contributed by atoms with Crippen LogP contribution in [0.15, 0.2) is 18.3 Å². The van der Waals surface area contributed by atoms with E-state index >= 15 is 0 Å². The smallest absolute Gasteiger partial charge is 0.137 e. The minimum absolute atomic E-state index is 0.541. The molecule has 0 saturated carbocycles. The third kappa shape index (κ3) is 2.54. The van der Waals surface area contributed by atoms with Crippen molar-refractivity contribution in [1.82, 2.24) is 10.3 Å². The van der Waals surface area contributed by atoms with E-state index in [1.54, 1.807) is 6.20 Å². The van der Waals surface area contributed by atoms with Gasteiger partial charge in [-0.2, -0.15) is 0 Å². The van der Waals surface area contributed by atoms with E-state index in [0.29, 0.717) is 6.04 Å². The van der Waals surface area contributed by atoms with Crippen LogP contribution in [-0.2, 0) is 0 Å². The maximum absolute atomic E-state index is 5.54. The van der Waals surface area contributed by atoms with Crippen LogP contribution in [0.25, 0.3) is 0 Å². The summed E-state index contributed by atoms with van der Waals surface area (Å²) in [6.45, 7) is 1.88. The lowest BCUT2D eigenvalue weighted by atomic mass is 10.1. The van der Waals surface area contributed by atoms with E-state index in [1.165, 1.54) is 6.42 Å². The quantitative estimate of drug-likeness (QED) is 0.675. The van der Waals surface area contributed by atoms with Crippen LogP contribution in [0.3, 0.4) is 0 Å². The molecular formula is C9H11IN2O. The van der Waals surface area contributed by atoms with Crippen molar-refractivity contribution in [3.63, 3.8) is 0 Å². The number of hydrogen-bond donors (Lipinski definition) is 1. The third-order valence-electron chi connectivity index (χ3n) is 2.08. The first-order valence-corrected chi connectivity index (χ1v) is 5.40. The molecule has 1 aliphatic rings. The normalized spacial score (nSPS) is 20.8. The molecule has 4 heteroatoms. The number of hydrogen-bond acceptors (Lipinski definition) is 3. The van der Waals surface area contributed by atoms with E-state index in [9.17, 15) is 0 Å². The van der Waals surface area contributed by atoms with Crippen LogP contribution in [-0.4, -0.2) is 24.2 Å². The molecule has 1 N–H and O–H groups in total. The van der Waals surface area contributed by atoms with E-state index in [0.717, 1.165) is 22.6 Å². The number of ether oxygens (including phenoxy) is 1. The van der Waals surface area contributed by atoms with Gasteiger partial charge in [0.15, 0.2) is 0 Å². The highest BCUT2D eigenvalue weighted by Crippen LogP contribution is 2.12. The van der Waals surface area contributed by atoms with Crippen LogP contribution in [0.4, 0.5) is 0 Å². The molecule has 1 atom stereocenters. The van der Waals surface area contributed by atoms with Crippen LogP contribution in [0.1, 0.15) is 6.42 Å². The molecule has 0 bridgehead atoms. The molecule has 1 aromatic rings. The topological polar surface area (TPSA) is 34.1 Å². The molecule has 1 unspecified atom stereocenters. The Morgan fingerprint density at radius 1 is 1.62 bits per heavy atom. The van der Waals surface area contributed by atoms with E-state index < -0.39 is 0 Å². The second-order valence-corrected chi connectivity index (χ2v) is 4.17. The van der Waals surface area contributed by atoms with Gasteiger partial charge in [-0.25, -0.2) is 4.98 Å². The SMILES string of the molecule is Ic1ccc(OCC2CCN2)cn1. The van der Waals surface area contributed by atoms with Crippen molar-refractivity contribution in [2.45, 2.75) is 12.5 Å². The molecule has 2 rings (SSSR count). The Balaban J connectivity index is 1.83. The first kappa shape index (κ1) is 9.21. The summed E-state index contributed by atoms with van der Waals surface area (Å²) in [5.74, 6) is 0.856. The number of halogens is 1. The Hall–Kier alpha value is -0.360. The molecule has 0 radical (unpaired) electrons. The lowest BCUT2D eigenvalue weighted by molar-refractivity contribution is 0.217. The Bertz CT molecular complexity index is 271. The van der Waals surface area contributed by atoms with Gasteiger partial charge in [0.2, 0.25) is 0 Å². The number of rotatable bonds is 3. The predicted octanol–water partition coefficient (Wildman–Crippen LogP) is 1.43. The van der Waals surface area contributed by atoms with Gasteiger partial charge >= 0.3 is 0 Å². The van der Waals surface area contributed by atoms with Crippen molar-refractivity contribution in [2.75, 3.05) is 13.2 Å². The molecule has 3 nitrogen and oxygen atoms in total. The van der Waals surface area contributed by atoms with Crippen LogP contribution in [0, 0.1) is 3.70 Å². The highest BCUT2D eigenvalue weighted by molar-refractivity contribution is 14.1. The van der Waals surface area contributed by atoms with Gasteiger partial charge < -0.3 is 10.1 Å². The molecule has 1 aliphatic heterocycles. The third-order valence-corrected chi connectivity index (χ3v) is 2.72. The lowest BCUT2D eigenvalue weighted by Crippen LogP contribution is -2.46. The fourth-order valence-corrected chi connectivity index (χ4v) is 1.45. The average Bonchev–Trinajstić information content (AvgIpc) is 2.05. The van der Waals surface area contributed by atoms with Gasteiger partial charge in [0.1, 0.15) is 16.1 Å². The molecule has 0 spiro atoms. The van der Waals surface area contributed by atoms with Gasteiger partial charge in [-0.15, -0.1) is 0 Å². The fraction of sp³-hybridized carbons (Fsp3) is 0.444. The van der Waals surface area contributed by atoms with Crippen molar-refractivity contribution in [1.29, 1.82) is 0 Å². The van der Waals surface area contributed by atoms with Gasteiger partial charge in [0.25, 0.3) is 0 Å². The van der Waals surface area contributed by atoms with Gasteiger partial charge in [-0.3, -0.25) is 0 Å². The van der Waals surface area contributed by atoms with Crippen molar-refractivity contribution < 1.29 is 4.74 Å². The molecule has 13 heavy (non-hydrogen) atoms. The van der Waals surface area contributed by atoms with Gasteiger partial charge in [-0.05, 0) is 47.7 Å². The highest BCUT2D eigenvalue weighted by atomic mass is 127. The Kier molecular flexibility index (Phi) is 3.00. The van der Waals surface area contributed by atoms with Gasteiger partial charge in [0.05, 0.1) is 6.20 Å². The largest absolute Gasteiger partial charge is 0.490 e. The number of nitrogens with one attached hydrogen (secondary N) is 1. The molecule has 1 saturated heterocycles. The standard InChI is InChI=1S/C9H11IN2O/c10-9-2-1-8(5-12-9)13-6-7-3-4-11-7/h1-2,5,7,11H,3-4,6H2. The Labute approximate surface area is 91.0 Å². The van der Waals surface area contributed by atoms with Crippen LogP contribution in [0.2, 0.25) is 0 Å². The predicted molar refractivity (Wildman–Crippen MR) is 58.9 cm³/mol. The van der Waals surface area contributed by atoms with E-state index in [2.05, 4.69) is 32.9 Å². The molecule has 0 aliphatic carbocycles. The van der Waals surface area contributed by atoms with Crippen LogP contribution >= 0.6 is 22.6 Å². The zero-order valence-electron chi connectivity index (χ0n) is 7.16. The Morgan fingerprint density at radius 2 is 2.46 bits per heavy atom. The number of aromatic nitrogens is 1. The first-order chi connectivity index (χ1) is 6.34. The summed E-state index contributed by atoms with van der Waals surface area (Å²) >= 11 is 2.18. The zero-order chi connectivity index (χ0) is 9.10. The zero-order valence-corrected chi connectivity index (χ0v) is 9.32. The van der Waals surface area contributed by atoms with Gasteiger partial charge in [0, 0.05) is 6.04 Å². The second kappa shape index (κ2) is 4.23. The minimum Gasteiger partial charge on any atom is -0.490 e. The fourth-order valence-electron chi connectivity index (χ4n) is 1.14. The number of pyridine rings is 1. The van der Waals surface area contributed by atoms with Crippen molar-refractivity contribution in [3.05, 3.63) is 22.0 Å². The molecule has 0 aromatic carbocycles. The van der Waals surface area contributed by atoms with Crippen LogP contribution in [0.5, 0.6) is 5.75 Å². The summed E-state index contributed by atoms with van der Waals surface area (Å²) in [7, 11) is 0. The summed E-state index contributed by atoms with van der Waals surface area (Å²) in [6, 6.07) is 4.44. The summed E-state index contributed by atoms with van der Waals surface area (Å²) in [5, 5.41) is 3.28. The van der Waals surface area contributed by atoms with E-state index in [1.807, 2.05) is 12.1 Å². The summed E-state index contributed by atoms with van der Waals surface area (Å²) in [5.41, 5.74) is 0. The molecule has 0 amide bonds. The maximum atomic E-state index is 5.54. The van der Waals surface area contributed by atoms with Crippen molar-refractivity contribution in [3.8, 4) is 5.75 Å². The molecule has 70 valence electrons. The monoisotopic (exact) mass is 290 g/mol. The maximum Gasteiger partial charge on any atom is 0.137 e. The first-order valence-electron chi connectivity index (χ1n) is 4.32. The van der Waals surface area contributed by atoms with E-state index in [-0.39, 0.29) is 0 Å². The van der Waals surface area contributed by atoms with Crippen molar-refractivity contribution >= 4 is 22.6 Å². The summed E-state index contributed by atoms with van der Waals surface area (Å²) < 4.78 is 6.53. The van der Waals surface area contributed by atoms with Crippen molar-refractivity contribution in [2.24, 2.45) is 0 Å². The molecule has 1 fully saturated rings.